The maximum atomic E-state index is 10.7. The number of carbonyl (C=O) groups is 2. The van der Waals surface area contributed by atoms with E-state index in [1.807, 2.05) is 0 Å². The zero-order chi connectivity index (χ0) is 8.69. The molecule has 0 spiro atoms. The van der Waals surface area contributed by atoms with Crippen molar-refractivity contribution < 1.29 is 9.59 Å². The summed E-state index contributed by atoms with van der Waals surface area (Å²) in [5, 5.41) is 4.82. The van der Waals surface area contributed by atoms with Gasteiger partial charge in [0.1, 0.15) is 5.78 Å². The normalized spacial score (nSPS) is 8.91. The second kappa shape index (κ2) is 5.67. The molecule has 11 heavy (non-hydrogen) atoms. The van der Waals surface area contributed by atoms with Crippen LogP contribution in [-0.2, 0) is 4.79 Å². The molecule has 2 amide bonds. The van der Waals surface area contributed by atoms with Gasteiger partial charge in [-0.05, 0) is 6.92 Å². The van der Waals surface area contributed by atoms with Gasteiger partial charge in [0.15, 0.2) is 0 Å². The topological polar surface area (TPSA) is 84.2 Å². The molecule has 0 unspecified atom stereocenters. The van der Waals surface area contributed by atoms with Crippen LogP contribution < -0.4 is 16.4 Å². The molecule has 5 heteroatoms. The summed E-state index contributed by atoms with van der Waals surface area (Å²) in [6, 6.07) is -0.356. The van der Waals surface area contributed by atoms with Gasteiger partial charge in [-0.15, -0.1) is 0 Å². The van der Waals surface area contributed by atoms with Crippen molar-refractivity contribution in [1.29, 1.82) is 0 Å². The van der Waals surface area contributed by atoms with Gasteiger partial charge < -0.3 is 16.4 Å². The van der Waals surface area contributed by atoms with E-state index in [9.17, 15) is 9.59 Å². The molecule has 0 aliphatic carbocycles. The van der Waals surface area contributed by atoms with Crippen LogP contribution in [0.15, 0.2) is 0 Å². The Balaban J connectivity index is 3.30. The molecule has 0 rings (SSSR count). The van der Waals surface area contributed by atoms with Crippen molar-refractivity contribution in [3.8, 4) is 0 Å². The van der Waals surface area contributed by atoms with Crippen LogP contribution in [0.3, 0.4) is 0 Å². The second-order valence-corrected chi connectivity index (χ2v) is 2.10. The smallest absolute Gasteiger partial charge is 0.315 e. The maximum Gasteiger partial charge on any atom is 0.315 e. The minimum absolute atomic E-state index is 0.0659. The third-order valence-corrected chi connectivity index (χ3v) is 0.928. The van der Waals surface area contributed by atoms with E-state index >= 15 is 0 Å². The first-order valence-electron chi connectivity index (χ1n) is 3.38. The fourth-order valence-corrected chi connectivity index (χ4v) is 0.453. The number of ketones is 1. The lowest BCUT2D eigenvalue weighted by atomic mass is 10.4. The van der Waals surface area contributed by atoms with Crippen LogP contribution in [0.2, 0.25) is 0 Å². The van der Waals surface area contributed by atoms with Crippen molar-refractivity contribution in [2.24, 2.45) is 5.73 Å². The zero-order valence-electron chi connectivity index (χ0n) is 6.52. The number of rotatable bonds is 4. The summed E-state index contributed by atoms with van der Waals surface area (Å²) in [5.41, 5.74) is 5.12. The zero-order valence-corrected chi connectivity index (χ0v) is 6.52. The molecule has 5 nitrogen and oxygen atoms in total. The van der Waals surface area contributed by atoms with Crippen molar-refractivity contribution >= 4 is 11.8 Å². The summed E-state index contributed by atoms with van der Waals surface area (Å²) in [6.45, 7) is 2.29. The molecule has 0 radical (unpaired) electrons. The van der Waals surface area contributed by atoms with Gasteiger partial charge in [-0.2, -0.15) is 0 Å². The minimum Gasteiger partial charge on any atom is -0.337 e. The highest BCUT2D eigenvalue weighted by Gasteiger charge is 1.98. The van der Waals surface area contributed by atoms with Gasteiger partial charge in [0.05, 0.1) is 6.54 Å². The number of nitrogens with two attached hydrogens (primary N) is 1. The van der Waals surface area contributed by atoms with Crippen molar-refractivity contribution in [3.63, 3.8) is 0 Å². The Labute approximate surface area is 65.3 Å². The molecule has 0 bridgehead atoms. The Kier molecular flexibility index (Phi) is 5.10. The van der Waals surface area contributed by atoms with Crippen LogP contribution in [0.5, 0.6) is 0 Å². The summed E-state index contributed by atoms with van der Waals surface area (Å²) in [6.07, 6.45) is 0. The third-order valence-electron chi connectivity index (χ3n) is 0.928. The molecule has 0 heterocycles. The molecule has 64 valence electrons. The van der Waals surface area contributed by atoms with Crippen LogP contribution in [-0.4, -0.2) is 31.4 Å². The van der Waals surface area contributed by atoms with Gasteiger partial charge in [-0.1, -0.05) is 0 Å². The van der Waals surface area contributed by atoms with Gasteiger partial charge in [0.25, 0.3) is 0 Å². The number of Topliss-reactive ketones (excluding diaryl/α,β-unsaturated/α-hetero) is 1. The van der Waals surface area contributed by atoms with Crippen molar-refractivity contribution in [3.05, 3.63) is 0 Å². The largest absolute Gasteiger partial charge is 0.337 e. The van der Waals surface area contributed by atoms with E-state index in [-0.39, 0.29) is 18.4 Å². The van der Waals surface area contributed by atoms with E-state index in [1.54, 1.807) is 0 Å². The summed E-state index contributed by atoms with van der Waals surface area (Å²) in [4.78, 5) is 21.0. The van der Waals surface area contributed by atoms with Crippen molar-refractivity contribution in [1.82, 2.24) is 10.6 Å². The first-order chi connectivity index (χ1) is 5.16. The molecule has 4 N–H and O–H groups in total. The lowest BCUT2D eigenvalue weighted by Crippen LogP contribution is -2.40. The Bertz CT molecular complexity index is 147. The van der Waals surface area contributed by atoms with Crippen molar-refractivity contribution in [2.75, 3.05) is 19.6 Å². The van der Waals surface area contributed by atoms with E-state index in [0.29, 0.717) is 13.1 Å². The van der Waals surface area contributed by atoms with Crippen LogP contribution >= 0.6 is 0 Å². The Morgan fingerprint density at radius 1 is 1.36 bits per heavy atom. The van der Waals surface area contributed by atoms with Gasteiger partial charge in [0, 0.05) is 13.1 Å². The monoisotopic (exact) mass is 159 g/mol. The fraction of sp³-hybridized carbons (Fsp3) is 0.667. The quantitative estimate of drug-likeness (QED) is 0.483. The molecule has 0 aliphatic rings. The molecule has 0 aliphatic heterocycles. The van der Waals surface area contributed by atoms with Gasteiger partial charge in [-0.25, -0.2) is 4.79 Å². The standard InChI is InChI=1S/C6H13N3O2/c1-5(10)4-9-6(11)8-3-2-7/h2-4,7H2,1H3,(H2,8,9,11). The molecule has 0 aromatic heterocycles. The van der Waals surface area contributed by atoms with Crippen LogP contribution in [0, 0.1) is 0 Å². The molecule has 0 aromatic carbocycles. The summed E-state index contributed by atoms with van der Waals surface area (Å²) in [7, 11) is 0. The van der Waals surface area contributed by atoms with E-state index < -0.39 is 0 Å². The average Bonchev–Trinajstić information content (AvgIpc) is 1.97. The van der Waals surface area contributed by atoms with E-state index in [4.69, 9.17) is 5.73 Å². The van der Waals surface area contributed by atoms with Crippen molar-refractivity contribution in [2.45, 2.75) is 6.92 Å². The predicted octanol–water partition coefficient (Wildman–Crippen LogP) is -1.17. The lowest BCUT2D eigenvalue weighted by Gasteiger charge is -2.03. The van der Waals surface area contributed by atoms with Gasteiger partial charge >= 0.3 is 6.03 Å². The van der Waals surface area contributed by atoms with Crippen LogP contribution in [0.25, 0.3) is 0 Å². The number of urea groups is 1. The highest BCUT2D eigenvalue weighted by molar-refractivity contribution is 5.83. The lowest BCUT2D eigenvalue weighted by molar-refractivity contribution is -0.116. The first kappa shape index (κ1) is 9.90. The van der Waals surface area contributed by atoms with Crippen LogP contribution in [0.1, 0.15) is 6.92 Å². The Hall–Kier alpha value is -1.10. The number of amides is 2. The molecular formula is C6H13N3O2. The Morgan fingerprint density at radius 3 is 2.45 bits per heavy atom. The second-order valence-electron chi connectivity index (χ2n) is 2.10. The molecular weight excluding hydrogens is 146 g/mol. The van der Waals surface area contributed by atoms with Gasteiger partial charge in [-0.3, -0.25) is 4.79 Å². The highest BCUT2D eigenvalue weighted by Crippen LogP contribution is 1.66. The number of hydrogen-bond donors (Lipinski definition) is 3. The molecule has 0 atom stereocenters. The molecule has 0 aromatic rings. The summed E-state index contributed by atoms with van der Waals surface area (Å²) >= 11 is 0. The van der Waals surface area contributed by atoms with E-state index in [1.165, 1.54) is 6.92 Å². The summed E-state index contributed by atoms with van der Waals surface area (Å²) < 4.78 is 0. The van der Waals surface area contributed by atoms with Crippen LogP contribution in [0.4, 0.5) is 4.79 Å². The fourth-order valence-electron chi connectivity index (χ4n) is 0.453. The van der Waals surface area contributed by atoms with E-state index in [2.05, 4.69) is 10.6 Å². The van der Waals surface area contributed by atoms with E-state index in [0.717, 1.165) is 0 Å². The number of carbonyl (C=O) groups excluding carboxylic acids is 2. The number of hydrogen-bond acceptors (Lipinski definition) is 3. The minimum atomic E-state index is -0.356. The molecule has 0 fully saturated rings. The average molecular weight is 159 g/mol. The Morgan fingerprint density at radius 2 is 2.00 bits per heavy atom. The molecule has 0 saturated heterocycles. The SMILES string of the molecule is CC(=O)CNC(=O)NCCN. The summed E-state index contributed by atoms with van der Waals surface area (Å²) in [5.74, 6) is -0.0760. The highest BCUT2D eigenvalue weighted by atomic mass is 16.2. The third kappa shape index (κ3) is 6.79. The molecule has 0 saturated carbocycles. The predicted molar refractivity (Wildman–Crippen MR) is 41.1 cm³/mol. The van der Waals surface area contributed by atoms with Gasteiger partial charge in [0.2, 0.25) is 0 Å². The first-order valence-corrected chi connectivity index (χ1v) is 3.38. The maximum absolute atomic E-state index is 10.7. The number of nitrogens with one attached hydrogen (secondary N) is 2.